The van der Waals surface area contributed by atoms with Crippen LogP contribution in [0.25, 0.3) is 6.08 Å². The van der Waals surface area contributed by atoms with Crippen molar-refractivity contribution < 1.29 is 14.3 Å². The smallest absolute Gasteiger partial charge is 0.338 e. The number of carbonyl (C=O) groups is 1. The highest BCUT2D eigenvalue weighted by atomic mass is 35.5. The van der Waals surface area contributed by atoms with Gasteiger partial charge in [0.15, 0.2) is 4.80 Å². The highest BCUT2D eigenvalue weighted by Gasteiger charge is 2.34. The summed E-state index contributed by atoms with van der Waals surface area (Å²) in [5, 5.41) is 0.452. The Kier molecular flexibility index (Phi) is 6.30. The molecule has 1 aromatic heterocycles. The number of carbonyl (C=O) groups excluding carboxylic acids is 1. The maximum absolute atomic E-state index is 13.6. The molecule has 0 radical (unpaired) electrons. The summed E-state index contributed by atoms with van der Waals surface area (Å²) in [5.41, 5.74) is 1.95. The number of thiazole rings is 1. The first-order chi connectivity index (χ1) is 15.5. The Morgan fingerprint density at radius 2 is 1.94 bits per heavy atom. The quantitative estimate of drug-likeness (QED) is 0.538. The summed E-state index contributed by atoms with van der Waals surface area (Å²) < 4.78 is 12.7. The van der Waals surface area contributed by atoms with Crippen LogP contribution in [0.1, 0.15) is 31.0 Å². The van der Waals surface area contributed by atoms with Gasteiger partial charge in [0.1, 0.15) is 11.8 Å². The number of esters is 1. The number of aromatic nitrogens is 1. The lowest BCUT2D eigenvalue weighted by atomic mass is 9.96. The fourth-order valence-electron chi connectivity index (χ4n) is 3.71. The van der Waals surface area contributed by atoms with Crippen LogP contribution in [0.3, 0.4) is 0 Å². The minimum Gasteiger partial charge on any atom is -0.496 e. The standard InChI is InChI=1S/C24H21ClN2O4S/c1-4-31-23(29)20-14(2)26-24-27(21(20)16-10-6-7-11-17(16)25)22(28)19(32-24)13-15-9-5-8-12-18(15)30-3/h5-13,21H,4H2,1-3H3/b19-13-/t21-/m1/s1. The first-order valence-electron chi connectivity index (χ1n) is 10.0. The van der Waals surface area contributed by atoms with Gasteiger partial charge < -0.3 is 9.47 Å². The van der Waals surface area contributed by atoms with Crippen LogP contribution in [0.2, 0.25) is 5.02 Å². The molecule has 0 amide bonds. The second-order valence-corrected chi connectivity index (χ2v) is 8.48. The van der Waals surface area contributed by atoms with Crippen LogP contribution < -0.4 is 19.6 Å². The Balaban J connectivity index is 1.99. The number of halogens is 1. The molecule has 1 aliphatic heterocycles. The predicted octanol–water partition coefficient (Wildman–Crippen LogP) is 3.46. The Labute approximate surface area is 193 Å². The van der Waals surface area contributed by atoms with Gasteiger partial charge in [0.2, 0.25) is 0 Å². The molecular formula is C24H21ClN2O4S. The van der Waals surface area contributed by atoms with Crippen molar-refractivity contribution in [2.24, 2.45) is 4.99 Å². The number of nitrogens with zero attached hydrogens (tertiary/aromatic N) is 2. The van der Waals surface area contributed by atoms with Crippen molar-refractivity contribution >= 4 is 35.0 Å². The van der Waals surface area contributed by atoms with E-state index in [0.29, 0.717) is 36.9 Å². The Bertz CT molecular complexity index is 1400. The van der Waals surface area contributed by atoms with Gasteiger partial charge in [0.25, 0.3) is 5.56 Å². The molecule has 0 saturated carbocycles. The van der Waals surface area contributed by atoms with E-state index in [1.54, 1.807) is 39.2 Å². The fourth-order valence-corrected chi connectivity index (χ4v) is 4.99. The highest BCUT2D eigenvalue weighted by molar-refractivity contribution is 7.07. The fraction of sp³-hybridized carbons (Fsp3) is 0.208. The topological polar surface area (TPSA) is 69.9 Å². The van der Waals surface area contributed by atoms with Gasteiger partial charge in [0, 0.05) is 10.6 Å². The summed E-state index contributed by atoms with van der Waals surface area (Å²) in [5.74, 6) is 0.141. The first kappa shape index (κ1) is 22.0. The maximum atomic E-state index is 13.6. The highest BCUT2D eigenvalue weighted by Crippen LogP contribution is 2.34. The molecule has 164 valence electrons. The first-order valence-corrected chi connectivity index (χ1v) is 11.2. The molecule has 0 N–H and O–H groups in total. The van der Waals surface area contributed by atoms with Crippen LogP contribution >= 0.6 is 22.9 Å². The summed E-state index contributed by atoms with van der Waals surface area (Å²) in [6.45, 7) is 3.69. The van der Waals surface area contributed by atoms with E-state index in [4.69, 9.17) is 21.1 Å². The van der Waals surface area contributed by atoms with Crippen molar-refractivity contribution in [2.75, 3.05) is 13.7 Å². The zero-order valence-electron chi connectivity index (χ0n) is 17.8. The van der Waals surface area contributed by atoms with Crippen molar-refractivity contribution in [3.63, 3.8) is 0 Å². The van der Waals surface area contributed by atoms with Gasteiger partial charge in [-0.2, -0.15) is 0 Å². The van der Waals surface area contributed by atoms with E-state index in [2.05, 4.69) is 4.99 Å². The summed E-state index contributed by atoms with van der Waals surface area (Å²) in [7, 11) is 1.58. The van der Waals surface area contributed by atoms with Gasteiger partial charge in [-0.05, 0) is 37.6 Å². The second-order valence-electron chi connectivity index (χ2n) is 7.07. The number of rotatable bonds is 5. The number of para-hydroxylation sites is 1. The van der Waals surface area contributed by atoms with Crippen LogP contribution in [0.15, 0.2) is 69.6 Å². The SMILES string of the molecule is CCOC(=O)C1=C(C)N=c2s/c(=C\c3ccccc3OC)c(=O)n2[C@@H]1c1ccccc1Cl. The van der Waals surface area contributed by atoms with E-state index in [1.807, 2.05) is 36.4 Å². The summed E-state index contributed by atoms with van der Waals surface area (Å²) in [6, 6.07) is 13.9. The molecule has 1 aliphatic rings. The van der Waals surface area contributed by atoms with E-state index in [0.717, 1.165) is 5.56 Å². The minimum absolute atomic E-state index is 0.211. The molecule has 0 fully saturated rings. The summed E-state index contributed by atoms with van der Waals surface area (Å²) in [6.07, 6.45) is 1.77. The van der Waals surface area contributed by atoms with E-state index < -0.39 is 12.0 Å². The molecule has 3 aromatic rings. The van der Waals surface area contributed by atoms with Crippen molar-refractivity contribution in [3.05, 3.63) is 95.6 Å². The van der Waals surface area contributed by atoms with E-state index in [1.165, 1.54) is 15.9 Å². The average molecular weight is 469 g/mol. The van der Waals surface area contributed by atoms with Crippen LogP contribution in [-0.2, 0) is 9.53 Å². The third kappa shape index (κ3) is 3.89. The molecular weight excluding hydrogens is 448 g/mol. The zero-order chi connectivity index (χ0) is 22.8. The lowest BCUT2D eigenvalue weighted by Gasteiger charge is -2.25. The second kappa shape index (κ2) is 9.14. The van der Waals surface area contributed by atoms with Crippen LogP contribution in [0.4, 0.5) is 0 Å². The molecule has 8 heteroatoms. The Hall–Kier alpha value is -3.16. The average Bonchev–Trinajstić information content (AvgIpc) is 3.08. The normalized spacial score (nSPS) is 15.9. The number of fused-ring (bicyclic) bond motifs is 1. The molecule has 2 aromatic carbocycles. The van der Waals surface area contributed by atoms with Gasteiger partial charge in [-0.25, -0.2) is 9.79 Å². The van der Waals surface area contributed by atoms with Crippen molar-refractivity contribution in [1.82, 2.24) is 4.57 Å². The summed E-state index contributed by atoms with van der Waals surface area (Å²) in [4.78, 5) is 31.5. The van der Waals surface area contributed by atoms with E-state index in [-0.39, 0.29) is 12.2 Å². The third-order valence-electron chi connectivity index (χ3n) is 5.14. The lowest BCUT2D eigenvalue weighted by Crippen LogP contribution is -2.40. The van der Waals surface area contributed by atoms with Crippen LogP contribution in [0.5, 0.6) is 5.75 Å². The van der Waals surface area contributed by atoms with Gasteiger partial charge >= 0.3 is 5.97 Å². The molecule has 0 bridgehead atoms. The monoisotopic (exact) mass is 468 g/mol. The molecule has 0 spiro atoms. The molecule has 32 heavy (non-hydrogen) atoms. The van der Waals surface area contributed by atoms with Gasteiger partial charge in [0.05, 0.1) is 29.5 Å². The number of hydrogen-bond donors (Lipinski definition) is 0. The van der Waals surface area contributed by atoms with Crippen LogP contribution in [-0.4, -0.2) is 24.3 Å². The van der Waals surface area contributed by atoms with Crippen molar-refractivity contribution in [1.29, 1.82) is 0 Å². The molecule has 1 atom stereocenters. The largest absolute Gasteiger partial charge is 0.496 e. The summed E-state index contributed by atoms with van der Waals surface area (Å²) >= 11 is 7.76. The maximum Gasteiger partial charge on any atom is 0.338 e. The minimum atomic E-state index is -0.737. The number of ether oxygens (including phenoxy) is 2. The molecule has 0 aliphatic carbocycles. The van der Waals surface area contributed by atoms with Gasteiger partial charge in [-0.1, -0.05) is 59.3 Å². The Morgan fingerprint density at radius 3 is 2.66 bits per heavy atom. The van der Waals surface area contributed by atoms with Crippen molar-refractivity contribution in [3.8, 4) is 5.75 Å². The number of benzene rings is 2. The van der Waals surface area contributed by atoms with Crippen molar-refractivity contribution in [2.45, 2.75) is 19.9 Å². The Morgan fingerprint density at radius 1 is 1.22 bits per heavy atom. The molecule has 0 saturated heterocycles. The number of allylic oxidation sites excluding steroid dienone is 1. The molecule has 4 rings (SSSR count). The van der Waals surface area contributed by atoms with E-state index in [9.17, 15) is 9.59 Å². The van der Waals surface area contributed by atoms with E-state index >= 15 is 0 Å². The molecule has 0 unspecified atom stereocenters. The zero-order valence-corrected chi connectivity index (χ0v) is 19.4. The molecule has 2 heterocycles. The molecule has 6 nitrogen and oxygen atoms in total. The predicted molar refractivity (Wildman–Crippen MR) is 125 cm³/mol. The third-order valence-corrected chi connectivity index (χ3v) is 6.47. The lowest BCUT2D eigenvalue weighted by molar-refractivity contribution is -0.139. The van der Waals surface area contributed by atoms with Gasteiger partial charge in [-0.15, -0.1) is 0 Å². The van der Waals surface area contributed by atoms with Crippen LogP contribution in [0, 0.1) is 0 Å². The van der Waals surface area contributed by atoms with Gasteiger partial charge in [-0.3, -0.25) is 9.36 Å². The number of methoxy groups -OCH3 is 1. The number of hydrogen-bond acceptors (Lipinski definition) is 6.